The van der Waals surface area contributed by atoms with E-state index in [0.29, 0.717) is 28.2 Å². The number of aromatic amines is 2. The zero-order valence-corrected chi connectivity index (χ0v) is 17.2. The summed E-state index contributed by atoms with van der Waals surface area (Å²) < 4.78 is 0. The molecular weight excluding hydrogens is 380 g/mol. The first kappa shape index (κ1) is 19.6. The number of hydrogen-bond donors (Lipinski definition) is 2. The highest BCUT2D eigenvalue weighted by Crippen LogP contribution is 2.30. The Balaban J connectivity index is 1.74. The Hall–Kier alpha value is -3.71. The van der Waals surface area contributed by atoms with Gasteiger partial charge < -0.3 is 9.97 Å². The van der Waals surface area contributed by atoms with E-state index in [1.54, 1.807) is 31.3 Å². The third kappa shape index (κ3) is 3.29. The number of amides is 1. The quantitative estimate of drug-likeness (QED) is 0.389. The minimum Gasteiger partial charge on any atom is -0.354 e. The van der Waals surface area contributed by atoms with Crippen LogP contribution in [0.25, 0.3) is 22.4 Å². The van der Waals surface area contributed by atoms with Gasteiger partial charge in [0.1, 0.15) is 11.5 Å². The van der Waals surface area contributed by atoms with Crippen LogP contribution in [0.3, 0.4) is 0 Å². The molecule has 0 aliphatic heterocycles. The number of nitrogens with one attached hydrogen (secondary N) is 2. The van der Waals surface area contributed by atoms with Crippen LogP contribution in [0, 0.1) is 13.8 Å². The number of carbonyl (C=O) groups excluding carboxylic acids is 2. The fourth-order valence-electron chi connectivity index (χ4n) is 3.58. The van der Waals surface area contributed by atoms with Gasteiger partial charge in [-0.05, 0) is 37.6 Å². The second-order valence-electron chi connectivity index (χ2n) is 7.12. The Labute approximate surface area is 173 Å². The topological polar surface area (TPSA) is 91.1 Å². The zero-order chi connectivity index (χ0) is 21.4. The minimum absolute atomic E-state index is 0.0495. The average molecular weight is 402 g/mol. The molecule has 0 aliphatic carbocycles. The maximum absolute atomic E-state index is 12.7. The summed E-state index contributed by atoms with van der Waals surface area (Å²) in [6, 6.07) is 14.6. The van der Waals surface area contributed by atoms with Crippen molar-refractivity contribution in [2.45, 2.75) is 13.8 Å². The Morgan fingerprint density at radius 2 is 1.73 bits per heavy atom. The molecule has 4 aromatic rings. The predicted octanol–water partition coefficient (Wildman–Crippen LogP) is 4.04. The molecule has 0 atom stereocenters. The van der Waals surface area contributed by atoms with Crippen molar-refractivity contribution in [2.24, 2.45) is 0 Å². The molecule has 0 fully saturated rings. The third-order valence-electron chi connectivity index (χ3n) is 5.23. The number of hydrogen-bond acceptors (Lipinski definition) is 4. The number of aryl methyl sites for hydroxylation is 1. The highest BCUT2D eigenvalue weighted by atomic mass is 16.7. The summed E-state index contributed by atoms with van der Waals surface area (Å²) in [5.41, 5.74) is 5.59. The molecule has 30 heavy (non-hydrogen) atoms. The molecule has 1 amide bonds. The van der Waals surface area contributed by atoms with Crippen LogP contribution in [0.4, 0.5) is 0 Å². The van der Waals surface area contributed by atoms with Crippen LogP contribution in [0.1, 0.15) is 37.7 Å². The van der Waals surface area contributed by atoms with Crippen molar-refractivity contribution in [1.82, 2.24) is 20.0 Å². The normalized spacial score (nSPS) is 11.1. The van der Waals surface area contributed by atoms with Crippen LogP contribution in [-0.2, 0) is 4.84 Å². The Morgan fingerprint density at radius 1 is 1.00 bits per heavy atom. The van der Waals surface area contributed by atoms with Gasteiger partial charge in [0, 0.05) is 29.4 Å². The van der Waals surface area contributed by atoms with Gasteiger partial charge in [-0.15, -0.1) is 0 Å². The molecule has 0 aliphatic rings. The fourth-order valence-corrected chi connectivity index (χ4v) is 3.58. The number of nitrogens with zero attached hydrogens (tertiary/aromatic N) is 2. The van der Waals surface area contributed by atoms with Gasteiger partial charge in [-0.1, -0.05) is 30.3 Å². The van der Waals surface area contributed by atoms with Gasteiger partial charge in [-0.25, -0.2) is 10.0 Å². The molecule has 0 bridgehead atoms. The molecule has 2 N–H and O–H groups in total. The molecule has 0 spiro atoms. The summed E-state index contributed by atoms with van der Waals surface area (Å²) in [5.74, 6) is 0.322. The van der Waals surface area contributed by atoms with E-state index in [1.807, 2.05) is 38.1 Å². The average Bonchev–Trinajstić information content (AvgIpc) is 3.31. The number of hydroxylamine groups is 2. The van der Waals surface area contributed by atoms with Crippen molar-refractivity contribution in [1.29, 1.82) is 0 Å². The van der Waals surface area contributed by atoms with Crippen LogP contribution < -0.4 is 0 Å². The second kappa shape index (κ2) is 7.61. The molecule has 2 heterocycles. The van der Waals surface area contributed by atoms with Crippen molar-refractivity contribution < 1.29 is 14.4 Å². The molecule has 0 unspecified atom stereocenters. The number of imidazole rings is 1. The number of H-pyrrole nitrogens is 2. The zero-order valence-electron chi connectivity index (χ0n) is 17.2. The molecule has 4 rings (SSSR count). The summed E-state index contributed by atoms with van der Waals surface area (Å²) in [7, 11) is 3.00. The monoisotopic (exact) mass is 402 g/mol. The van der Waals surface area contributed by atoms with E-state index in [2.05, 4.69) is 9.97 Å². The Morgan fingerprint density at radius 3 is 2.43 bits per heavy atom. The maximum atomic E-state index is 12.7. The number of aromatic nitrogens is 3. The van der Waals surface area contributed by atoms with E-state index >= 15 is 0 Å². The van der Waals surface area contributed by atoms with Crippen molar-refractivity contribution in [3.63, 3.8) is 0 Å². The smallest absolute Gasteiger partial charge is 0.293 e. The lowest BCUT2D eigenvalue weighted by Crippen LogP contribution is -2.26. The van der Waals surface area contributed by atoms with Gasteiger partial charge >= 0.3 is 0 Å². The summed E-state index contributed by atoms with van der Waals surface area (Å²) >= 11 is 0. The van der Waals surface area contributed by atoms with Crippen LogP contribution in [0.2, 0.25) is 0 Å². The van der Waals surface area contributed by atoms with Gasteiger partial charge in [-0.3, -0.25) is 14.4 Å². The van der Waals surface area contributed by atoms with Crippen molar-refractivity contribution in [2.75, 3.05) is 14.2 Å². The molecule has 2 aromatic heterocycles. The summed E-state index contributed by atoms with van der Waals surface area (Å²) in [5, 5.41) is 1.17. The number of ketones is 1. The van der Waals surface area contributed by atoms with Crippen molar-refractivity contribution in [3.8, 4) is 11.4 Å². The van der Waals surface area contributed by atoms with E-state index in [9.17, 15) is 9.59 Å². The van der Waals surface area contributed by atoms with Gasteiger partial charge in [0.15, 0.2) is 5.78 Å². The molecule has 0 saturated carbocycles. The molecule has 0 saturated heterocycles. The second-order valence-corrected chi connectivity index (χ2v) is 7.12. The highest BCUT2D eigenvalue weighted by Gasteiger charge is 2.23. The number of benzene rings is 2. The molecule has 7 nitrogen and oxygen atoms in total. The first-order valence-corrected chi connectivity index (χ1v) is 9.52. The molecule has 152 valence electrons. The Kier molecular flexibility index (Phi) is 4.97. The van der Waals surface area contributed by atoms with Crippen molar-refractivity contribution in [3.05, 3.63) is 76.6 Å². The third-order valence-corrected chi connectivity index (χ3v) is 5.23. The minimum atomic E-state index is -0.267. The molecule has 7 heteroatoms. The van der Waals surface area contributed by atoms with Gasteiger partial charge in [0.25, 0.3) is 5.91 Å². The lowest BCUT2D eigenvalue weighted by Gasteiger charge is -2.12. The lowest BCUT2D eigenvalue weighted by atomic mass is 10.0. The van der Waals surface area contributed by atoms with E-state index in [-0.39, 0.29) is 11.7 Å². The lowest BCUT2D eigenvalue weighted by molar-refractivity contribution is -0.0760. The standard InChI is InChI=1S/C23H22N4O3/c1-13-19(14(2)24-20(13)23(29)27(3)30-4)22-25-17-11-10-16(12-18(17)26-22)21(28)15-8-6-5-7-9-15/h5-12,24H,1-4H3,(H,25,26). The van der Waals surface area contributed by atoms with Gasteiger partial charge in [0.05, 0.1) is 18.1 Å². The first-order chi connectivity index (χ1) is 14.4. The van der Waals surface area contributed by atoms with Crippen molar-refractivity contribution >= 4 is 22.7 Å². The van der Waals surface area contributed by atoms with Crippen LogP contribution in [-0.4, -0.2) is 45.9 Å². The van der Waals surface area contributed by atoms with E-state index in [0.717, 1.165) is 22.3 Å². The highest BCUT2D eigenvalue weighted by molar-refractivity contribution is 6.10. The maximum Gasteiger partial charge on any atom is 0.293 e. The van der Waals surface area contributed by atoms with E-state index < -0.39 is 0 Å². The Bertz CT molecular complexity index is 1250. The predicted molar refractivity (Wildman–Crippen MR) is 114 cm³/mol. The molecule has 0 radical (unpaired) electrons. The van der Waals surface area contributed by atoms with Gasteiger partial charge in [-0.2, -0.15) is 0 Å². The van der Waals surface area contributed by atoms with Gasteiger partial charge in [0.2, 0.25) is 0 Å². The largest absolute Gasteiger partial charge is 0.354 e. The summed E-state index contributed by atoms with van der Waals surface area (Å²) in [6.45, 7) is 3.76. The first-order valence-electron chi connectivity index (χ1n) is 9.52. The van der Waals surface area contributed by atoms with E-state index in [1.165, 1.54) is 12.2 Å². The van der Waals surface area contributed by atoms with E-state index in [4.69, 9.17) is 9.82 Å². The van der Waals surface area contributed by atoms with Crippen LogP contribution in [0.15, 0.2) is 48.5 Å². The molecule has 2 aromatic carbocycles. The SMILES string of the molecule is CON(C)C(=O)c1[nH]c(C)c(-c2nc3cc(C(=O)c4ccccc4)ccc3[nH]2)c1C. The van der Waals surface area contributed by atoms with Crippen LogP contribution in [0.5, 0.6) is 0 Å². The number of rotatable bonds is 5. The summed E-state index contributed by atoms with van der Waals surface area (Å²) in [4.78, 5) is 41.4. The number of carbonyl (C=O) groups is 2. The summed E-state index contributed by atoms with van der Waals surface area (Å²) in [6.07, 6.45) is 0. The van der Waals surface area contributed by atoms with Crippen LogP contribution >= 0.6 is 0 Å². The number of fused-ring (bicyclic) bond motifs is 1. The fraction of sp³-hybridized carbons (Fsp3) is 0.174. The molecular formula is C23H22N4O3.